The molecule has 2 amide bonds. The summed E-state index contributed by atoms with van der Waals surface area (Å²) in [5.41, 5.74) is 1.07. The summed E-state index contributed by atoms with van der Waals surface area (Å²) in [6.45, 7) is 1.63. The molecule has 19 heavy (non-hydrogen) atoms. The zero-order valence-corrected chi connectivity index (χ0v) is 11.4. The second kappa shape index (κ2) is 6.57. The van der Waals surface area contributed by atoms with Crippen LogP contribution in [0.25, 0.3) is 0 Å². The fourth-order valence-electron chi connectivity index (χ4n) is 2.21. The second-order valence-electron chi connectivity index (χ2n) is 4.66. The minimum absolute atomic E-state index is 0.00808. The summed E-state index contributed by atoms with van der Waals surface area (Å²) in [7, 11) is 0. The Morgan fingerprint density at radius 3 is 2.74 bits per heavy atom. The molecule has 1 atom stereocenters. The lowest BCUT2D eigenvalue weighted by atomic mass is 10.1. The van der Waals surface area contributed by atoms with Gasteiger partial charge < -0.3 is 10.2 Å². The number of carbonyl (C=O) groups is 2. The third kappa shape index (κ3) is 3.70. The summed E-state index contributed by atoms with van der Waals surface area (Å²) in [5.74, 6) is -0.220. The number of benzene rings is 1. The average molecular weight is 281 g/mol. The van der Waals surface area contributed by atoms with Crippen LogP contribution in [0.2, 0.25) is 0 Å². The number of amides is 2. The van der Waals surface area contributed by atoms with Crippen LogP contribution in [0.5, 0.6) is 0 Å². The fourth-order valence-corrected chi connectivity index (χ4v) is 2.38. The first kappa shape index (κ1) is 13.9. The van der Waals surface area contributed by atoms with Crippen LogP contribution in [0.3, 0.4) is 0 Å². The molecule has 1 aromatic rings. The molecule has 0 saturated carbocycles. The van der Waals surface area contributed by atoms with Crippen LogP contribution in [0, 0.1) is 5.92 Å². The van der Waals surface area contributed by atoms with E-state index in [4.69, 9.17) is 11.6 Å². The molecule has 0 radical (unpaired) electrons. The number of carbonyl (C=O) groups excluding carboxylic acids is 2. The Hall–Kier alpha value is -1.55. The summed E-state index contributed by atoms with van der Waals surface area (Å²) in [6.07, 6.45) is 0.712. The van der Waals surface area contributed by atoms with Gasteiger partial charge in [0, 0.05) is 19.6 Å². The highest BCUT2D eigenvalue weighted by Gasteiger charge is 2.30. The number of hydrogen-bond acceptors (Lipinski definition) is 2. The van der Waals surface area contributed by atoms with Crippen molar-refractivity contribution in [3.63, 3.8) is 0 Å². The minimum atomic E-state index is -0.115. The number of nitrogens with zero attached hydrogens (tertiary/aromatic N) is 1. The van der Waals surface area contributed by atoms with E-state index >= 15 is 0 Å². The lowest BCUT2D eigenvalue weighted by Gasteiger charge is -2.14. The molecule has 1 aliphatic heterocycles. The lowest BCUT2D eigenvalue weighted by Crippen LogP contribution is -2.34. The summed E-state index contributed by atoms with van der Waals surface area (Å²) in [5, 5.41) is 2.91. The van der Waals surface area contributed by atoms with Crippen LogP contribution >= 0.6 is 11.6 Å². The summed E-state index contributed by atoms with van der Waals surface area (Å²) in [4.78, 5) is 25.1. The number of nitrogens with one attached hydrogen (secondary N) is 1. The van der Waals surface area contributed by atoms with Gasteiger partial charge in [-0.25, -0.2) is 0 Å². The topological polar surface area (TPSA) is 49.4 Å². The Morgan fingerprint density at radius 1 is 1.32 bits per heavy atom. The van der Waals surface area contributed by atoms with E-state index in [1.165, 1.54) is 0 Å². The first-order chi connectivity index (χ1) is 9.20. The molecule has 0 aromatic heterocycles. The van der Waals surface area contributed by atoms with Crippen LogP contribution in [0.15, 0.2) is 30.3 Å². The first-order valence-corrected chi connectivity index (χ1v) is 6.89. The van der Waals surface area contributed by atoms with Crippen molar-refractivity contribution in [2.24, 2.45) is 5.92 Å². The van der Waals surface area contributed by atoms with Crippen LogP contribution in [-0.2, 0) is 16.1 Å². The third-order valence-corrected chi connectivity index (χ3v) is 3.56. The predicted octanol–water partition coefficient (Wildman–Crippen LogP) is 1.39. The van der Waals surface area contributed by atoms with Gasteiger partial charge in [-0.1, -0.05) is 30.3 Å². The first-order valence-electron chi connectivity index (χ1n) is 6.36. The van der Waals surface area contributed by atoms with Gasteiger partial charge in [-0.2, -0.15) is 0 Å². The smallest absolute Gasteiger partial charge is 0.237 e. The van der Waals surface area contributed by atoms with Crippen molar-refractivity contribution in [3.05, 3.63) is 35.9 Å². The molecular weight excluding hydrogens is 264 g/mol. The molecule has 1 heterocycles. The van der Waals surface area contributed by atoms with Crippen molar-refractivity contribution >= 4 is 23.4 Å². The zero-order chi connectivity index (χ0) is 13.7. The quantitative estimate of drug-likeness (QED) is 0.848. The Morgan fingerprint density at radius 2 is 2.05 bits per heavy atom. The van der Waals surface area contributed by atoms with Crippen molar-refractivity contribution < 1.29 is 9.59 Å². The summed E-state index contributed by atoms with van der Waals surface area (Å²) >= 11 is 5.51. The van der Waals surface area contributed by atoms with Gasteiger partial charge in [-0.15, -0.1) is 11.6 Å². The molecule has 1 saturated heterocycles. The highest BCUT2D eigenvalue weighted by atomic mass is 35.5. The van der Waals surface area contributed by atoms with Crippen molar-refractivity contribution in [3.8, 4) is 0 Å². The third-order valence-electron chi connectivity index (χ3n) is 3.34. The highest BCUT2D eigenvalue weighted by Crippen LogP contribution is 2.16. The molecule has 0 spiro atoms. The zero-order valence-electron chi connectivity index (χ0n) is 10.6. The Bertz CT molecular complexity index is 450. The molecule has 1 aliphatic rings. The van der Waals surface area contributed by atoms with E-state index < -0.39 is 0 Å². The molecule has 1 aromatic carbocycles. The molecule has 0 aliphatic carbocycles. The van der Waals surface area contributed by atoms with Crippen LogP contribution in [0.1, 0.15) is 12.0 Å². The number of likely N-dealkylation sites (tertiary alicyclic amines) is 1. The maximum Gasteiger partial charge on any atom is 0.237 e. The van der Waals surface area contributed by atoms with Gasteiger partial charge in [0.15, 0.2) is 0 Å². The number of rotatable bonds is 4. The number of halogens is 1. The van der Waals surface area contributed by atoms with Gasteiger partial charge in [-0.3, -0.25) is 9.59 Å². The molecular formula is C14H17ClN2O2. The summed E-state index contributed by atoms with van der Waals surface area (Å²) in [6, 6.07) is 9.77. The van der Waals surface area contributed by atoms with Crippen LogP contribution in [0.4, 0.5) is 0 Å². The number of hydrogen-bond donors (Lipinski definition) is 1. The molecule has 0 unspecified atom stereocenters. The molecule has 1 fully saturated rings. The molecule has 2 rings (SSSR count). The molecule has 1 N–H and O–H groups in total. The van der Waals surface area contributed by atoms with E-state index in [9.17, 15) is 9.59 Å². The van der Waals surface area contributed by atoms with E-state index in [0.717, 1.165) is 5.56 Å². The van der Waals surface area contributed by atoms with Gasteiger partial charge in [0.05, 0.1) is 5.92 Å². The van der Waals surface area contributed by atoms with Gasteiger partial charge in [0.25, 0.3) is 0 Å². The fraction of sp³-hybridized carbons (Fsp3) is 0.429. The minimum Gasteiger partial charge on any atom is -0.352 e. The van der Waals surface area contributed by atoms with Crippen LogP contribution < -0.4 is 5.32 Å². The highest BCUT2D eigenvalue weighted by molar-refractivity contribution is 6.27. The molecule has 102 valence electrons. The largest absolute Gasteiger partial charge is 0.352 e. The van der Waals surface area contributed by atoms with Gasteiger partial charge in [0.2, 0.25) is 11.8 Å². The monoisotopic (exact) mass is 280 g/mol. The molecule has 4 nitrogen and oxygen atoms in total. The van der Waals surface area contributed by atoms with Crippen molar-refractivity contribution in [1.82, 2.24) is 10.2 Å². The molecule has 5 heteroatoms. The normalized spacial score (nSPS) is 18.4. The van der Waals surface area contributed by atoms with Crippen LogP contribution in [-0.4, -0.2) is 35.7 Å². The van der Waals surface area contributed by atoms with Crippen molar-refractivity contribution in [2.45, 2.75) is 13.0 Å². The maximum atomic E-state index is 12.0. The van der Waals surface area contributed by atoms with Gasteiger partial charge >= 0.3 is 0 Å². The maximum absolute atomic E-state index is 12.0. The average Bonchev–Trinajstić information content (AvgIpc) is 2.95. The Labute approximate surface area is 117 Å². The Kier molecular flexibility index (Phi) is 4.80. The Balaban J connectivity index is 1.80. The SMILES string of the molecule is O=C(NCc1ccccc1)[C@H]1CCN(C(=O)CCl)C1. The lowest BCUT2D eigenvalue weighted by molar-refractivity contribution is -0.128. The standard InChI is InChI=1S/C14H17ClN2O2/c15-8-13(18)17-7-6-12(10-17)14(19)16-9-11-4-2-1-3-5-11/h1-5,12H,6-10H2,(H,16,19)/t12-/m0/s1. The summed E-state index contributed by atoms with van der Waals surface area (Å²) < 4.78 is 0. The predicted molar refractivity (Wildman–Crippen MR) is 73.7 cm³/mol. The molecule has 0 bridgehead atoms. The van der Waals surface area contributed by atoms with Gasteiger partial charge in [-0.05, 0) is 12.0 Å². The van der Waals surface area contributed by atoms with E-state index in [1.807, 2.05) is 30.3 Å². The van der Waals surface area contributed by atoms with Gasteiger partial charge in [0.1, 0.15) is 5.88 Å². The van der Waals surface area contributed by atoms with E-state index in [-0.39, 0.29) is 23.6 Å². The van der Waals surface area contributed by atoms with Crippen molar-refractivity contribution in [1.29, 1.82) is 0 Å². The van der Waals surface area contributed by atoms with E-state index in [0.29, 0.717) is 26.1 Å². The number of alkyl halides is 1. The van der Waals surface area contributed by atoms with E-state index in [2.05, 4.69) is 5.32 Å². The van der Waals surface area contributed by atoms with Crippen molar-refractivity contribution in [2.75, 3.05) is 19.0 Å². The second-order valence-corrected chi connectivity index (χ2v) is 4.93. The van der Waals surface area contributed by atoms with E-state index in [1.54, 1.807) is 4.90 Å².